The fraction of sp³-hybridized carbons (Fsp3) is 0.375. The second-order valence-corrected chi connectivity index (χ2v) is 7.27. The van der Waals surface area contributed by atoms with Crippen molar-refractivity contribution in [3.8, 4) is 11.5 Å². The van der Waals surface area contributed by atoms with E-state index in [1.807, 2.05) is 6.92 Å². The summed E-state index contributed by atoms with van der Waals surface area (Å²) in [6, 6.07) is 6.00. The highest BCUT2D eigenvalue weighted by atomic mass is 32.2. The minimum Gasteiger partial charge on any atom is -0.493 e. The van der Waals surface area contributed by atoms with Crippen LogP contribution in [-0.2, 0) is 21.9 Å². The first-order valence-corrected chi connectivity index (χ1v) is 9.27. The van der Waals surface area contributed by atoms with E-state index in [1.165, 1.54) is 32.4 Å². The number of carbonyl (C=O) groups is 1. The minimum atomic E-state index is -3.77. The van der Waals surface area contributed by atoms with Gasteiger partial charge in [0, 0.05) is 32.1 Å². The molecular formula is C16H22N4O5S. The maximum atomic E-state index is 12.3. The van der Waals surface area contributed by atoms with Crippen LogP contribution in [0, 0.1) is 6.92 Å². The number of methoxy groups -OCH3 is 2. The van der Waals surface area contributed by atoms with Gasteiger partial charge in [0.25, 0.3) is 0 Å². The largest absolute Gasteiger partial charge is 0.493 e. The van der Waals surface area contributed by atoms with Crippen molar-refractivity contribution >= 4 is 21.7 Å². The van der Waals surface area contributed by atoms with Crippen molar-refractivity contribution < 1.29 is 22.7 Å². The third kappa shape index (κ3) is 4.73. The van der Waals surface area contributed by atoms with E-state index in [4.69, 9.17) is 9.47 Å². The van der Waals surface area contributed by atoms with Gasteiger partial charge in [-0.2, -0.15) is 5.10 Å². The molecule has 1 aromatic carbocycles. The predicted octanol–water partition coefficient (Wildman–Crippen LogP) is 1.05. The zero-order chi connectivity index (χ0) is 19.3. The van der Waals surface area contributed by atoms with Crippen LogP contribution in [0.4, 0.5) is 5.82 Å². The summed E-state index contributed by atoms with van der Waals surface area (Å²) in [5, 5.41) is 6.80. The summed E-state index contributed by atoms with van der Waals surface area (Å²) in [7, 11) is 0.825. The summed E-state index contributed by atoms with van der Waals surface area (Å²) in [5.74, 6) is 0.968. The molecule has 2 N–H and O–H groups in total. The Labute approximate surface area is 152 Å². The molecule has 0 radical (unpaired) electrons. The first-order chi connectivity index (χ1) is 12.3. The van der Waals surface area contributed by atoms with Crippen molar-refractivity contribution in [2.45, 2.75) is 18.2 Å². The first-order valence-electron chi connectivity index (χ1n) is 7.79. The van der Waals surface area contributed by atoms with Gasteiger partial charge in [-0.25, -0.2) is 13.1 Å². The van der Waals surface area contributed by atoms with Crippen LogP contribution in [0.3, 0.4) is 0 Å². The van der Waals surface area contributed by atoms with E-state index in [1.54, 1.807) is 17.8 Å². The minimum absolute atomic E-state index is 0.0171. The Morgan fingerprint density at radius 1 is 1.19 bits per heavy atom. The molecule has 26 heavy (non-hydrogen) atoms. The van der Waals surface area contributed by atoms with E-state index in [-0.39, 0.29) is 23.8 Å². The standard InChI is InChI=1S/C16H22N4O5S/c1-11-9-15(20(2)19-11)18-16(21)7-8-17-26(22,23)12-5-6-13(24-3)14(10-12)25-4/h5-6,9-10,17H,7-8H2,1-4H3,(H,18,21). The van der Waals surface area contributed by atoms with Gasteiger partial charge in [-0.3, -0.25) is 9.48 Å². The monoisotopic (exact) mass is 382 g/mol. The highest BCUT2D eigenvalue weighted by molar-refractivity contribution is 7.89. The van der Waals surface area contributed by atoms with Crippen LogP contribution in [0.5, 0.6) is 11.5 Å². The number of hydrogen-bond acceptors (Lipinski definition) is 6. The van der Waals surface area contributed by atoms with Crippen molar-refractivity contribution in [1.29, 1.82) is 0 Å². The number of rotatable bonds is 8. The van der Waals surface area contributed by atoms with Crippen LogP contribution in [0.25, 0.3) is 0 Å². The number of nitrogens with zero attached hydrogens (tertiary/aromatic N) is 2. The number of sulfonamides is 1. The number of benzene rings is 1. The molecule has 0 saturated carbocycles. The lowest BCUT2D eigenvalue weighted by molar-refractivity contribution is -0.116. The van der Waals surface area contributed by atoms with Crippen molar-refractivity contribution in [3.05, 3.63) is 30.0 Å². The number of aryl methyl sites for hydroxylation is 2. The quantitative estimate of drug-likeness (QED) is 0.706. The van der Waals surface area contributed by atoms with Gasteiger partial charge in [0.1, 0.15) is 5.82 Å². The third-order valence-electron chi connectivity index (χ3n) is 3.58. The molecule has 0 atom stereocenters. The summed E-state index contributed by atoms with van der Waals surface area (Å²) in [6.45, 7) is 1.77. The molecule has 1 amide bonds. The zero-order valence-corrected chi connectivity index (χ0v) is 15.9. The second kappa shape index (κ2) is 8.19. The van der Waals surface area contributed by atoms with Gasteiger partial charge in [0.15, 0.2) is 11.5 Å². The Morgan fingerprint density at radius 3 is 2.46 bits per heavy atom. The summed E-state index contributed by atoms with van der Waals surface area (Å²) >= 11 is 0. The fourth-order valence-electron chi connectivity index (χ4n) is 2.30. The lowest BCUT2D eigenvalue weighted by Crippen LogP contribution is -2.28. The lowest BCUT2D eigenvalue weighted by atomic mass is 10.3. The molecule has 0 fully saturated rings. The molecular weight excluding hydrogens is 360 g/mol. The van der Waals surface area contributed by atoms with Gasteiger partial charge in [-0.1, -0.05) is 0 Å². The molecule has 2 rings (SSSR count). The second-order valence-electron chi connectivity index (χ2n) is 5.51. The topological polar surface area (TPSA) is 112 Å². The predicted molar refractivity (Wildman–Crippen MR) is 95.9 cm³/mol. The van der Waals surface area contributed by atoms with E-state index in [2.05, 4.69) is 15.1 Å². The van der Waals surface area contributed by atoms with Crippen molar-refractivity contribution in [2.24, 2.45) is 7.05 Å². The number of anilines is 1. The Kier molecular flexibility index (Phi) is 6.22. The average Bonchev–Trinajstić information content (AvgIpc) is 2.91. The lowest BCUT2D eigenvalue weighted by Gasteiger charge is -2.11. The normalized spacial score (nSPS) is 11.2. The summed E-state index contributed by atoms with van der Waals surface area (Å²) < 4.78 is 38.8. The van der Waals surface area contributed by atoms with Gasteiger partial charge < -0.3 is 14.8 Å². The van der Waals surface area contributed by atoms with Crippen LogP contribution in [0.1, 0.15) is 12.1 Å². The van der Waals surface area contributed by atoms with E-state index >= 15 is 0 Å². The number of nitrogens with one attached hydrogen (secondary N) is 2. The number of ether oxygens (including phenoxy) is 2. The van der Waals surface area contributed by atoms with Crippen LogP contribution >= 0.6 is 0 Å². The molecule has 0 unspecified atom stereocenters. The maximum absolute atomic E-state index is 12.3. The number of carbonyl (C=O) groups excluding carboxylic acids is 1. The van der Waals surface area contributed by atoms with Crippen molar-refractivity contribution in [1.82, 2.24) is 14.5 Å². The van der Waals surface area contributed by atoms with Crippen LogP contribution in [-0.4, -0.2) is 44.9 Å². The van der Waals surface area contributed by atoms with E-state index in [0.29, 0.717) is 17.3 Å². The molecule has 0 saturated heterocycles. The zero-order valence-electron chi connectivity index (χ0n) is 15.1. The Morgan fingerprint density at radius 2 is 1.88 bits per heavy atom. The fourth-order valence-corrected chi connectivity index (χ4v) is 3.35. The molecule has 2 aromatic rings. The number of amides is 1. The highest BCUT2D eigenvalue weighted by Crippen LogP contribution is 2.29. The summed E-state index contributed by atoms with van der Waals surface area (Å²) in [6.07, 6.45) is -0.0171. The number of hydrogen-bond donors (Lipinski definition) is 2. The van der Waals surface area contributed by atoms with Crippen molar-refractivity contribution in [2.75, 3.05) is 26.1 Å². The van der Waals surface area contributed by atoms with Gasteiger partial charge >= 0.3 is 0 Å². The van der Waals surface area contributed by atoms with Crippen LogP contribution in [0.15, 0.2) is 29.2 Å². The van der Waals surface area contributed by atoms with E-state index in [9.17, 15) is 13.2 Å². The molecule has 10 heteroatoms. The van der Waals surface area contributed by atoms with Crippen LogP contribution < -0.4 is 19.5 Å². The molecule has 0 aliphatic carbocycles. The Balaban J connectivity index is 1.95. The molecule has 9 nitrogen and oxygen atoms in total. The summed E-state index contributed by atoms with van der Waals surface area (Å²) in [4.78, 5) is 12.0. The third-order valence-corrected chi connectivity index (χ3v) is 5.04. The first kappa shape index (κ1) is 19.7. The van der Waals surface area contributed by atoms with Gasteiger partial charge in [-0.15, -0.1) is 0 Å². The van der Waals surface area contributed by atoms with Gasteiger partial charge in [0.05, 0.1) is 24.8 Å². The molecule has 1 aromatic heterocycles. The smallest absolute Gasteiger partial charge is 0.240 e. The maximum Gasteiger partial charge on any atom is 0.240 e. The Bertz CT molecular complexity index is 892. The Hall–Kier alpha value is -2.59. The van der Waals surface area contributed by atoms with E-state index in [0.717, 1.165) is 5.69 Å². The highest BCUT2D eigenvalue weighted by Gasteiger charge is 2.17. The average molecular weight is 382 g/mol. The molecule has 0 aliphatic rings. The summed E-state index contributed by atoms with van der Waals surface area (Å²) in [5.41, 5.74) is 0.775. The van der Waals surface area contributed by atoms with E-state index < -0.39 is 10.0 Å². The molecule has 0 bridgehead atoms. The van der Waals surface area contributed by atoms with Crippen LogP contribution in [0.2, 0.25) is 0 Å². The SMILES string of the molecule is COc1ccc(S(=O)(=O)NCCC(=O)Nc2cc(C)nn2C)cc1OC. The molecule has 1 heterocycles. The van der Waals surface area contributed by atoms with Crippen molar-refractivity contribution in [3.63, 3.8) is 0 Å². The number of aromatic nitrogens is 2. The van der Waals surface area contributed by atoms with Gasteiger partial charge in [0.2, 0.25) is 15.9 Å². The molecule has 0 spiro atoms. The molecule has 142 valence electrons. The van der Waals surface area contributed by atoms with Gasteiger partial charge in [-0.05, 0) is 19.1 Å². The molecule has 0 aliphatic heterocycles.